The molecule has 0 unspecified atom stereocenters. The van der Waals surface area contributed by atoms with Gasteiger partial charge in [-0.15, -0.1) is 0 Å². The smallest absolute Gasteiger partial charge is 0.364 e. The average molecular weight is 2080 g/mol. The molecule has 820 valence electrons. The summed E-state index contributed by atoms with van der Waals surface area (Å²) in [4.78, 5) is 77.9. The largest absolute Gasteiger partial charge is 0.477 e. The highest BCUT2D eigenvalue weighted by Gasteiger charge is 2.65. The summed E-state index contributed by atoms with van der Waals surface area (Å²) in [6.07, 6.45) is -111. The molecule has 11 aliphatic rings. The van der Waals surface area contributed by atoms with E-state index in [0.717, 1.165) is 34.6 Å². The van der Waals surface area contributed by atoms with E-state index >= 15 is 0 Å². The molecule has 11 fully saturated rings. The Balaban J connectivity index is 0.920. The van der Waals surface area contributed by atoms with Crippen LogP contribution in [0.2, 0.25) is 0 Å². The maximum Gasteiger partial charge on any atom is 0.364 e. The average Bonchev–Trinajstić information content (AvgIpc) is 0.804. The number of carbonyl (C=O) groups excluding carboxylic acids is 5. The molecule has 0 radical (unpaired) electrons. The Hall–Kier alpha value is -5.22. The standard InChI is InChI=1S/C79H131N5O58/c1-18-40(100)51(111)55(115)72(124-18)122-17-34-62(47(107)36(68(119)125-34)81-20(3)94)134-69-37(82-21(4)95)48(108)60(31(14-91)130-69)136-74-57(117)64(46(106)33(133-74)16-123-76-66(53(113)43(103)27(10-87)128-76)139-70-38(83-22(5)96)49(109)59(30(13-90)131-70)135-73-56(116)52(112)42(102)26(9-86)126-73)138-77-67(54(114)44(104)28(11-88)129-77)140-71-39(84-23(6)97)50(110)61(32(15-92)132-71)137-75-58(118)65(45(105)29(12-89)127-75)142-79(78(120)121)7-24(98)35(80-19(2)93)63(141-79)41(101)25(99)8-85/h18,24-77,85-92,98-119H,7-17H2,1-6H3,(H,80,93)(H,81,94)(H,82,95)(H,83,96)(H,84,97)(H,120,121)/t18-,24+,25-,26-,27-,28-,29-,30-,31-,32-,33-,34-,35-,36-,37-,38-,39-,40+,41-,42+,43-,44-,45+,46-,47-,48-,49-,50-,51+,52+,53+,54+,55-,56-,57+,58-,59-,60-,61-,62-,63-,64+,65+,66+,67+,68-,69+,70+,71+,72+,73+,74+,75+,76+,77-,79+/m1/s1. The van der Waals surface area contributed by atoms with Crippen LogP contribution in [0.1, 0.15) is 48.0 Å². The summed E-state index contributed by atoms with van der Waals surface area (Å²) >= 11 is 0. The highest BCUT2D eigenvalue weighted by molar-refractivity contribution is 5.77. The minimum Gasteiger partial charge on any atom is -0.477 e. The number of aliphatic hydroxyl groups excluding tert-OH is 30. The van der Waals surface area contributed by atoms with Crippen molar-refractivity contribution in [3.8, 4) is 0 Å². The van der Waals surface area contributed by atoms with Crippen molar-refractivity contribution in [2.75, 3.05) is 66.1 Å². The van der Waals surface area contributed by atoms with Gasteiger partial charge in [0.05, 0.1) is 84.3 Å². The first-order valence-electron chi connectivity index (χ1n) is 45.1. The highest BCUT2D eigenvalue weighted by Crippen LogP contribution is 2.44. The van der Waals surface area contributed by atoms with Crippen molar-refractivity contribution < 1.29 is 287 Å². The molecule has 11 saturated heterocycles. The van der Waals surface area contributed by atoms with Crippen molar-refractivity contribution in [3.05, 3.63) is 0 Å². The second-order valence-electron chi connectivity index (χ2n) is 36.0. The number of amides is 5. The third-order valence-electron chi connectivity index (χ3n) is 25.9. The topological polar surface area (TPSA) is 984 Å². The van der Waals surface area contributed by atoms with E-state index in [9.17, 15) is 187 Å². The first-order chi connectivity index (χ1) is 67.0. The van der Waals surface area contributed by atoms with Crippen molar-refractivity contribution >= 4 is 35.5 Å². The predicted octanol–water partition coefficient (Wildman–Crippen LogP) is -24.0. The molecule has 5 amide bonds. The number of carboxylic acids is 1. The van der Waals surface area contributed by atoms with Gasteiger partial charge in [-0.05, 0) is 6.92 Å². The van der Waals surface area contributed by atoms with E-state index in [1.165, 1.54) is 6.92 Å². The summed E-state index contributed by atoms with van der Waals surface area (Å²) in [5.74, 6) is -10.4. The van der Waals surface area contributed by atoms with Gasteiger partial charge in [-0.25, -0.2) is 4.79 Å². The zero-order valence-corrected chi connectivity index (χ0v) is 76.4. The molecule has 0 bridgehead atoms. The molecule has 0 aromatic rings. The molecular weight excluding hydrogens is 1950 g/mol. The Morgan fingerprint density at radius 2 is 0.620 bits per heavy atom. The molecule has 11 rings (SSSR count). The molecule has 0 aliphatic carbocycles. The van der Waals surface area contributed by atoms with Crippen LogP contribution < -0.4 is 26.6 Å². The zero-order chi connectivity index (χ0) is 105. The zero-order valence-electron chi connectivity index (χ0n) is 76.4. The van der Waals surface area contributed by atoms with Gasteiger partial charge in [0.2, 0.25) is 29.5 Å². The summed E-state index contributed by atoms with van der Waals surface area (Å²) in [5.41, 5.74) is 0. The van der Waals surface area contributed by atoms with Crippen LogP contribution >= 0.6 is 0 Å². The normalized spacial score (nSPS) is 48.0. The maximum absolute atomic E-state index is 13.4. The Bertz CT molecular complexity index is 4010. The minimum absolute atomic E-state index is 0.840. The predicted molar refractivity (Wildman–Crippen MR) is 436 cm³/mol. The van der Waals surface area contributed by atoms with Gasteiger partial charge in [-0.2, -0.15) is 0 Å². The van der Waals surface area contributed by atoms with Crippen molar-refractivity contribution in [3.63, 3.8) is 0 Å². The van der Waals surface area contributed by atoms with Crippen molar-refractivity contribution in [1.29, 1.82) is 0 Å². The van der Waals surface area contributed by atoms with E-state index in [4.69, 9.17) is 99.5 Å². The molecule has 63 nitrogen and oxygen atoms in total. The van der Waals surface area contributed by atoms with Crippen LogP contribution in [0.4, 0.5) is 0 Å². The summed E-state index contributed by atoms with van der Waals surface area (Å²) in [5, 5.41) is 361. The van der Waals surface area contributed by atoms with Crippen LogP contribution in [-0.4, -0.2) is 603 Å². The van der Waals surface area contributed by atoms with Crippen molar-refractivity contribution in [1.82, 2.24) is 26.6 Å². The van der Waals surface area contributed by atoms with Gasteiger partial charge in [-0.3, -0.25) is 24.0 Å². The van der Waals surface area contributed by atoms with Crippen LogP contribution in [-0.2, 0) is 128 Å². The molecule has 0 aromatic carbocycles. The number of rotatable bonds is 38. The van der Waals surface area contributed by atoms with Crippen LogP contribution in [0.3, 0.4) is 0 Å². The van der Waals surface area contributed by atoms with E-state index < -0.39 is 451 Å². The third kappa shape index (κ3) is 25.8. The van der Waals surface area contributed by atoms with Crippen LogP contribution in [0.25, 0.3) is 0 Å². The number of aliphatic hydroxyl groups is 30. The lowest BCUT2D eigenvalue weighted by Gasteiger charge is -2.51. The minimum atomic E-state index is -3.35. The Morgan fingerprint density at radius 1 is 0.303 bits per heavy atom. The summed E-state index contributed by atoms with van der Waals surface area (Å²) < 4.78 is 125. The fraction of sp³-hybridized carbons (Fsp3) is 0.924. The molecule has 11 heterocycles. The Morgan fingerprint density at radius 3 is 1.06 bits per heavy atom. The molecule has 11 aliphatic heterocycles. The first-order valence-corrected chi connectivity index (χ1v) is 45.1. The van der Waals surface area contributed by atoms with E-state index in [1.807, 2.05) is 0 Å². The lowest BCUT2D eigenvalue weighted by Crippen LogP contribution is -2.71. The van der Waals surface area contributed by atoms with Gasteiger partial charge in [0.25, 0.3) is 5.79 Å². The van der Waals surface area contributed by atoms with Gasteiger partial charge in [-0.1, -0.05) is 0 Å². The monoisotopic (exact) mass is 2080 g/mol. The van der Waals surface area contributed by atoms with Gasteiger partial charge in [0, 0.05) is 41.0 Å². The summed E-state index contributed by atoms with van der Waals surface area (Å²) in [6, 6.07) is -9.82. The van der Waals surface area contributed by atoms with E-state index in [-0.39, 0.29) is 0 Å². The second kappa shape index (κ2) is 50.6. The molecule has 63 heteroatoms. The number of hydrogen-bond donors (Lipinski definition) is 36. The number of aliphatic carboxylic acids is 1. The Kier molecular flexibility index (Phi) is 41.7. The van der Waals surface area contributed by atoms with E-state index in [2.05, 4.69) is 26.6 Å². The lowest BCUT2D eigenvalue weighted by molar-refractivity contribution is -0.401. The molecule has 0 spiro atoms. The van der Waals surface area contributed by atoms with Crippen molar-refractivity contribution in [2.24, 2.45) is 0 Å². The molecular formula is C79H131N5O58. The van der Waals surface area contributed by atoms with Gasteiger partial charge in [0.15, 0.2) is 62.9 Å². The number of ether oxygens (including phenoxy) is 21. The summed E-state index contributed by atoms with van der Waals surface area (Å²) in [7, 11) is 0. The lowest BCUT2D eigenvalue weighted by atomic mass is 9.88. The number of hydrogen-bond acceptors (Lipinski definition) is 57. The number of nitrogens with one attached hydrogen (secondary N) is 5. The van der Waals surface area contributed by atoms with Gasteiger partial charge >= 0.3 is 5.97 Å². The molecule has 0 saturated carbocycles. The van der Waals surface area contributed by atoms with Crippen LogP contribution in [0.5, 0.6) is 0 Å². The maximum atomic E-state index is 13.4. The Labute approximate surface area is 803 Å². The molecule has 56 atom stereocenters. The van der Waals surface area contributed by atoms with Crippen LogP contribution in [0.15, 0.2) is 0 Å². The molecule has 36 N–H and O–H groups in total. The van der Waals surface area contributed by atoms with E-state index in [1.54, 1.807) is 0 Å². The first kappa shape index (κ1) is 117. The molecule has 0 aromatic heterocycles. The number of carbonyl (C=O) groups is 6. The quantitative estimate of drug-likeness (QED) is 0.0273. The van der Waals surface area contributed by atoms with Gasteiger partial charge < -0.3 is 284 Å². The van der Waals surface area contributed by atoms with Crippen molar-refractivity contribution in [2.45, 2.75) is 391 Å². The number of carboxylic acid groups (broad SMARTS) is 1. The second-order valence-corrected chi connectivity index (χ2v) is 36.0. The summed E-state index contributed by atoms with van der Waals surface area (Å²) in [6.45, 7) is -6.14. The van der Waals surface area contributed by atoms with E-state index in [0.29, 0.717) is 0 Å². The fourth-order valence-electron chi connectivity index (χ4n) is 18.4. The van der Waals surface area contributed by atoms with Gasteiger partial charge in [0.1, 0.15) is 256 Å². The third-order valence-corrected chi connectivity index (χ3v) is 25.9. The molecule has 142 heavy (non-hydrogen) atoms. The van der Waals surface area contributed by atoms with Crippen LogP contribution in [0, 0.1) is 0 Å². The highest BCUT2D eigenvalue weighted by atomic mass is 16.8. The fourth-order valence-corrected chi connectivity index (χ4v) is 18.4. The SMILES string of the molecule is CC(=O)N[C@@H]1[C@@H](O)[C@H](O[C@@H]2O[C@H](CO)[C@@H](O[C@@H]3O[C@H](CO[C@H]4O[C@H](CO)[C@@H](O)[C@H](O)[C@@H]4O[C@@H]4O[C@H](CO)[C@@H](O[C@@H]5O[C@H](CO)[C@H](O)[C@H](O)[C@H]5O)[C@H](O)[C@H]4NC(C)=O)[C@@H](O)[C@H](O[C@H]4O[C@H](CO)[C@@H](O)[C@H](O)[C@@H]4O[C@@H]4O[C@H](CO)[C@@H](O[C@@H]5O[C@H](CO)[C@H](O)[C@H](O[C@]6(C(=O)O)C[C@H](O)[C@@H](NC(C)=O)[C@H]([C@H](O)[C@H](O)CO)O6)[C@H]5O)[C@H](O)[C@H]4NC(C)=O)[C@@H]3O)[C@H](O)[C@H]2NC(C)=O)[C@@H](CO[C@H]2O[C@H](C)[C@H](O)[C@H](O)[C@H]2O)O[C@H]1O.